The van der Waals surface area contributed by atoms with Crippen LogP contribution in [0.5, 0.6) is 0 Å². The van der Waals surface area contributed by atoms with Crippen molar-refractivity contribution in [1.82, 2.24) is 10.2 Å². The zero-order valence-corrected chi connectivity index (χ0v) is 25.6. The molecule has 0 heterocycles. The molecule has 3 aromatic rings. The average molecular weight is 645 g/mol. The molecule has 0 unspecified atom stereocenters. The molecule has 0 saturated heterocycles. The van der Waals surface area contributed by atoms with E-state index < -0.39 is 46.2 Å². The van der Waals surface area contributed by atoms with Gasteiger partial charge in [0.25, 0.3) is 10.0 Å². The van der Waals surface area contributed by atoms with Gasteiger partial charge in [0.2, 0.25) is 11.8 Å². The summed E-state index contributed by atoms with van der Waals surface area (Å²) in [5.74, 6) is -1.40. The maximum absolute atomic E-state index is 13.9. The van der Waals surface area contributed by atoms with Crippen molar-refractivity contribution in [2.24, 2.45) is 0 Å². The van der Waals surface area contributed by atoms with E-state index in [-0.39, 0.29) is 33.2 Å². The van der Waals surface area contributed by atoms with Crippen molar-refractivity contribution in [3.63, 3.8) is 0 Å². The normalized spacial score (nSPS) is 12.6. The van der Waals surface area contributed by atoms with Gasteiger partial charge in [-0.2, -0.15) is 13.2 Å². The molecule has 1 N–H and O–H groups in total. The van der Waals surface area contributed by atoms with Gasteiger partial charge in [-0.1, -0.05) is 53.0 Å². The summed E-state index contributed by atoms with van der Waals surface area (Å²) in [5.41, 5.74) is -0.413. The lowest BCUT2D eigenvalue weighted by atomic mass is 10.1. The first-order chi connectivity index (χ1) is 19.5. The molecule has 0 fully saturated rings. The van der Waals surface area contributed by atoms with Gasteiger partial charge in [0, 0.05) is 28.2 Å². The molecular weight excluding hydrogens is 614 g/mol. The second kappa shape index (κ2) is 13.4. The summed E-state index contributed by atoms with van der Waals surface area (Å²) in [4.78, 5) is 27.8. The summed E-state index contributed by atoms with van der Waals surface area (Å²) in [6.07, 6.45) is -4.77. The number of nitrogens with zero attached hydrogens (tertiary/aromatic N) is 2. The smallest absolute Gasteiger partial charge is 0.352 e. The molecule has 0 bridgehead atoms. The fourth-order valence-electron chi connectivity index (χ4n) is 4.05. The zero-order chi connectivity index (χ0) is 31.4. The minimum absolute atomic E-state index is 0.207. The second-order valence-electron chi connectivity index (χ2n) is 9.93. The maximum atomic E-state index is 13.9. The molecule has 2 amide bonds. The highest BCUT2D eigenvalue weighted by Crippen LogP contribution is 2.34. The Morgan fingerprint density at radius 2 is 1.50 bits per heavy atom. The highest BCUT2D eigenvalue weighted by Gasteiger charge is 2.35. The van der Waals surface area contributed by atoms with Crippen LogP contribution >= 0.6 is 23.2 Å². The van der Waals surface area contributed by atoms with Crippen LogP contribution in [-0.2, 0) is 32.3 Å². The maximum Gasteiger partial charge on any atom is 0.416 e. The molecular formula is C29H30Cl2F3N3O4S. The fourth-order valence-corrected chi connectivity index (χ4v) is 5.97. The summed E-state index contributed by atoms with van der Waals surface area (Å²) < 4.78 is 69.0. The molecule has 0 radical (unpaired) electrons. The standard InChI is InChI=1S/C29H30Cl2F3N3O4S/c1-18(2)35-28(39)20(4)36(16-24-25(30)9-6-10-26(24)31)27(38)17-37(22-8-5-7-21(15-22)29(32,33)34)42(40,41)23-13-11-19(3)12-14-23/h5-15,18,20H,16-17H2,1-4H3,(H,35,39)/t20-/m0/s1. The van der Waals surface area contributed by atoms with Gasteiger partial charge < -0.3 is 10.2 Å². The van der Waals surface area contributed by atoms with Crippen molar-refractivity contribution in [1.29, 1.82) is 0 Å². The molecule has 13 heteroatoms. The highest BCUT2D eigenvalue weighted by molar-refractivity contribution is 7.92. The Labute approximate surface area is 253 Å². The lowest BCUT2D eigenvalue weighted by molar-refractivity contribution is -0.139. The number of hydrogen-bond donors (Lipinski definition) is 1. The van der Waals surface area contributed by atoms with Crippen molar-refractivity contribution in [2.75, 3.05) is 10.8 Å². The van der Waals surface area contributed by atoms with Crippen molar-refractivity contribution in [2.45, 2.75) is 57.4 Å². The van der Waals surface area contributed by atoms with E-state index in [1.807, 2.05) is 0 Å². The van der Waals surface area contributed by atoms with Crippen molar-refractivity contribution in [3.05, 3.63) is 93.5 Å². The van der Waals surface area contributed by atoms with Crippen LogP contribution in [0.25, 0.3) is 0 Å². The number of amides is 2. The lowest BCUT2D eigenvalue weighted by Gasteiger charge is -2.32. The van der Waals surface area contributed by atoms with E-state index in [2.05, 4.69) is 5.32 Å². The molecule has 1 atom stereocenters. The Hall–Kier alpha value is -3.28. The summed E-state index contributed by atoms with van der Waals surface area (Å²) in [5, 5.41) is 3.12. The van der Waals surface area contributed by atoms with E-state index in [0.29, 0.717) is 15.9 Å². The first-order valence-corrected chi connectivity index (χ1v) is 15.0. The van der Waals surface area contributed by atoms with E-state index in [0.717, 1.165) is 22.6 Å². The first kappa shape index (κ1) is 33.2. The van der Waals surface area contributed by atoms with Gasteiger partial charge in [0.05, 0.1) is 16.1 Å². The molecule has 0 aromatic heterocycles. The van der Waals surface area contributed by atoms with Crippen LogP contribution in [0.1, 0.15) is 37.5 Å². The third kappa shape index (κ3) is 7.96. The summed E-state index contributed by atoms with van der Waals surface area (Å²) in [7, 11) is -4.55. The van der Waals surface area contributed by atoms with E-state index in [1.165, 1.54) is 37.3 Å². The quantitative estimate of drug-likeness (QED) is 0.275. The van der Waals surface area contributed by atoms with Gasteiger partial charge in [-0.3, -0.25) is 13.9 Å². The molecule has 0 aliphatic carbocycles. The number of rotatable bonds is 10. The number of alkyl halides is 3. The molecule has 3 aromatic carbocycles. The topological polar surface area (TPSA) is 86.8 Å². The second-order valence-corrected chi connectivity index (χ2v) is 12.6. The average Bonchev–Trinajstić information content (AvgIpc) is 2.90. The number of hydrogen-bond acceptors (Lipinski definition) is 4. The van der Waals surface area contributed by atoms with Gasteiger partial charge in [-0.15, -0.1) is 0 Å². The van der Waals surface area contributed by atoms with Gasteiger partial charge >= 0.3 is 6.18 Å². The van der Waals surface area contributed by atoms with E-state index >= 15 is 0 Å². The molecule has 3 rings (SSSR count). The Kier molecular flexibility index (Phi) is 10.6. The van der Waals surface area contributed by atoms with Crippen LogP contribution in [0.4, 0.5) is 18.9 Å². The molecule has 42 heavy (non-hydrogen) atoms. The summed E-state index contributed by atoms with van der Waals surface area (Å²) in [6.45, 7) is 5.45. The Balaban J connectivity index is 2.13. The number of anilines is 1. The van der Waals surface area contributed by atoms with Crippen LogP contribution in [0, 0.1) is 6.92 Å². The van der Waals surface area contributed by atoms with Crippen molar-refractivity contribution < 1.29 is 31.2 Å². The molecule has 0 aliphatic rings. The summed E-state index contributed by atoms with van der Waals surface area (Å²) in [6, 6.07) is 12.6. The minimum Gasteiger partial charge on any atom is -0.352 e. The predicted molar refractivity (Wildman–Crippen MR) is 157 cm³/mol. The third-order valence-corrected chi connectivity index (χ3v) is 8.83. The Morgan fingerprint density at radius 3 is 2.05 bits per heavy atom. The van der Waals surface area contributed by atoms with Crippen molar-refractivity contribution in [3.8, 4) is 0 Å². The van der Waals surface area contributed by atoms with Crippen LogP contribution in [0.2, 0.25) is 10.0 Å². The number of nitrogens with one attached hydrogen (secondary N) is 1. The molecule has 226 valence electrons. The monoisotopic (exact) mass is 643 g/mol. The van der Waals surface area contributed by atoms with Crippen molar-refractivity contribution >= 4 is 50.7 Å². The molecule has 0 saturated carbocycles. The van der Waals surface area contributed by atoms with Gasteiger partial charge in [-0.25, -0.2) is 8.42 Å². The third-order valence-electron chi connectivity index (χ3n) is 6.34. The Bertz CT molecular complexity index is 1530. The van der Waals surface area contributed by atoms with E-state index in [9.17, 15) is 31.2 Å². The fraction of sp³-hybridized carbons (Fsp3) is 0.310. The zero-order valence-electron chi connectivity index (χ0n) is 23.2. The van der Waals surface area contributed by atoms with E-state index in [4.69, 9.17) is 23.2 Å². The van der Waals surface area contributed by atoms with Crippen LogP contribution in [-0.4, -0.2) is 43.8 Å². The minimum atomic E-state index is -4.77. The molecule has 7 nitrogen and oxygen atoms in total. The Morgan fingerprint density at radius 1 is 0.929 bits per heavy atom. The highest BCUT2D eigenvalue weighted by atomic mass is 35.5. The van der Waals surface area contributed by atoms with Crippen LogP contribution in [0.3, 0.4) is 0 Å². The van der Waals surface area contributed by atoms with E-state index in [1.54, 1.807) is 39.0 Å². The number of benzene rings is 3. The SMILES string of the molecule is Cc1ccc(S(=O)(=O)N(CC(=O)N(Cc2c(Cl)cccc2Cl)[C@@H](C)C(=O)NC(C)C)c2cccc(C(F)(F)F)c2)cc1. The number of carbonyl (C=O) groups excluding carboxylic acids is 2. The lowest BCUT2D eigenvalue weighted by Crippen LogP contribution is -2.52. The number of halogens is 5. The first-order valence-electron chi connectivity index (χ1n) is 12.8. The van der Waals surface area contributed by atoms with Crippen LogP contribution < -0.4 is 9.62 Å². The molecule has 0 aliphatic heterocycles. The largest absolute Gasteiger partial charge is 0.416 e. The van der Waals surface area contributed by atoms with Crippen LogP contribution in [0.15, 0.2) is 71.6 Å². The number of aryl methyl sites for hydroxylation is 1. The van der Waals surface area contributed by atoms with Gasteiger partial charge in [0.1, 0.15) is 12.6 Å². The summed E-state index contributed by atoms with van der Waals surface area (Å²) >= 11 is 12.7. The van der Waals surface area contributed by atoms with Gasteiger partial charge in [0.15, 0.2) is 0 Å². The number of sulfonamides is 1. The predicted octanol–water partition coefficient (Wildman–Crippen LogP) is 6.46. The molecule has 0 spiro atoms. The number of carbonyl (C=O) groups is 2. The van der Waals surface area contributed by atoms with Gasteiger partial charge in [-0.05, 0) is 70.2 Å².